The zero-order chi connectivity index (χ0) is 5.56. The summed E-state index contributed by atoms with van der Waals surface area (Å²) in [4.78, 5) is 0. The van der Waals surface area contributed by atoms with Crippen LogP contribution in [0.3, 0.4) is 0 Å². The number of rotatable bonds is 0. The van der Waals surface area contributed by atoms with E-state index in [2.05, 4.69) is 6.58 Å². The van der Waals surface area contributed by atoms with Crippen LogP contribution in [0.15, 0.2) is 12.2 Å². The summed E-state index contributed by atoms with van der Waals surface area (Å²) < 4.78 is 5.29. The van der Waals surface area contributed by atoms with Crippen LogP contribution in [0.4, 0.5) is 0 Å². The molecule has 1 saturated carbocycles. The largest absolute Gasteiger partial charge is 0.369 e. The SMILES string of the molecule is C=C1CCC2OC2C1. The molecule has 1 saturated heterocycles. The summed E-state index contributed by atoms with van der Waals surface area (Å²) in [6.45, 7) is 3.91. The van der Waals surface area contributed by atoms with Crippen molar-refractivity contribution < 1.29 is 4.74 Å². The van der Waals surface area contributed by atoms with Crippen LogP contribution >= 0.6 is 0 Å². The van der Waals surface area contributed by atoms with Gasteiger partial charge in [-0.15, -0.1) is 0 Å². The zero-order valence-corrected chi connectivity index (χ0v) is 4.89. The normalized spacial score (nSPS) is 43.8. The van der Waals surface area contributed by atoms with Crippen molar-refractivity contribution in [2.75, 3.05) is 0 Å². The molecule has 0 amide bonds. The van der Waals surface area contributed by atoms with Gasteiger partial charge in [0.05, 0.1) is 12.2 Å². The van der Waals surface area contributed by atoms with Gasteiger partial charge in [-0.3, -0.25) is 0 Å². The second-order valence-electron chi connectivity index (χ2n) is 2.71. The summed E-state index contributed by atoms with van der Waals surface area (Å²) in [6.07, 6.45) is 4.76. The Balaban J connectivity index is 2.02. The topological polar surface area (TPSA) is 12.5 Å². The van der Waals surface area contributed by atoms with E-state index in [1.807, 2.05) is 0 Å². The van der Waals surface area contributed by atoms with Gasteiger partial charge in [0.1, 0.15) is 0 Å². The molecule has 1 aliphatic carbocycles. The van der Waals surface area contributed by atoms with Crippen LogP contribution in [0.1, 0.15) is 19.3 Å². The summed E-state index contributed by atoms with van der Waals surface area (Å²) >= 11 is 0. The second-order valence-corrected chi connectivity index (χ2v) is 2.71. The van der Waals surface area contributed by atoms with E-state index in [0.717, 1.165) is 6.42 Å². The molecule has 0 aromatic rings. The smallest absolute Gasteiger partial charge is 0.0878 e. The first-order chi connectivity index (χ1) is 3.86. The van der Waals surface area contributed by atoms with Gasteiger partial charge in [-0.1, -0.05) is 12.2 Å². The highest BCUT2D eigenvalue weighted by atomic mass is 16.6. The lowest BCUT2D eigenvalue weighted by Gasteiger charge is -2.05. The fraction of sp³-hybridized carbons (Fsp3) is 0.714. The molecule has 2 fully saturated rings. The first-order valence-corrected chi connectivity index (χ1v) is 3.18. The maximum Gasteiger partial charge on any atom is 0.0878 e. The number of epoxide rings is 1. The highest BCUT2D eigenvalue weighted by Crippen LogP contribution is 2.38. The summed E-state index contributed by atoms with van der Waals surface area (Å²) in [5.74, 6) is 0. The summed E-state index contributed by atoms with van der Waals surface area (Å²) in [6, 6.07) is 0. The Morgan fingerprint density at radius 3 is 3.00 bits per heavy atom. The lowest BCUT2D eigenvalue weighted by molar-refractivity contribution is 0.374. The van der Waals surface area contributed by atoms with Crippen LogP contribution in [0.5, 0.6) is 0 Å². The molecular weight excluding hydrogens is 100 g/mol. The molecule has 0 spiro atoms. The van der Waals surface area contributed by atoms with E-state index in [1.54, 1.807) is 0 Å². The molecule has 2 atom stereocenters. The van der Waals surface area contributed by atoms with E-state index in [1.165, 1.54) is 18.4 Å². The third-order valence-corrected chi connectivity index (χ3v) is 1.96. The average molecular weight is 110 g/mol. The Hall–Kier alpha value is -0.300. The average Bonchev–Trinajstić information content (AvgIpc) is 2.43. The van der Waals surface area contributed by atoms with Crippen molar-refractivity contribution in [3.63, 3.8) is 0 Å². The number of ether oxygens (including phenoxy) is 1. The van der Waals surface area contributed by atoms with Gasteiger partial charge < -0.3 is 4.74 Å². The number of fused-ring (bicyclic) bond motifs is 1. The van der Waals surface area contributed by atoms with Crippen LogP contribution in [-0.4, -0.2) is 12.2 Å². The van der Waals surface area contributed by atoms with E-state index >= 15 is 0 Å². The van der Waals surface area contributed by atoms with Gasteiger partial charge in [-0.25, -0.2) is 0 Å². The van der Waals surface area contributed by atoms with Crippen molar-refractivity contribution in [2.24, 2.45) is 0 Å². The minimum absolute atomic E-state index is 0.580. The first-order valence-electron chi connectivity index (χ1n) is 3.18. The number of hydrogen-bond acceptors (Lipinski definition) is 1. The van der Waals surface area contributed by atoms with Gasteiger partial charge in [-0.2, -0.15) is 0 Å². The monoisotopic (exact) mass is 110 g/mol. The van der Waals surface area contributed by atoms with E-state index in [9.17, 15) is 0 Å². The summed E-state index contributed by atoms with van der Waals surface area (Å²) in [5.41, 5.74) is 1.38. The van der Waals surface area contributed by atoms with Gasteiger partial charge in [0, 0.05) is 0 Å². The molecular formula is C7H10O. The van der Waals surface area contributed by atoms with Gasteiger partial charge >= 0.3 is 0 Å². The third-order valence-electron chi connectivity index (χ3n) is 1.96. The van der Waals surface area contributed by atoms with Crippen molar-refractivity contribution in [1.29, 1.82) is 0 Å². The third kappa shape index (κ3) is 0.583. The Labute approximate surface area is 49.3 Å². The highest BCUT2D eigenvalue weighted by Gasteiger charge is 2.41. The molecule has 0 aromatic carbocycles. The summed E-state index contributed by atoms with van der Waals surface area (Å²) in [7, 11) is 0. The maximum absolute atomic E-state index is 5.29. The lowest BCUT2D eigenvalue weighted by Crippen LogP contribution is -2.02. The molecule has 2 rings (SSSR count). The van der Waals surface area contributed by atoms with Gasteiger partial charge in [0.25, 0.3) is 0 Å². The molecule has 1 heterocycles. The van der Waals surface area contributed by atoms with Gasteiger partial charge in [-0.05, 0) is 19.3 Å². The molecule has 2 unspecified atom stereocenters. The molecule has 1 heteroatoms. The minimum atomic E-state index is 0.580. The fourth-order valence-corrected chi connectivity index (χ4v) is 1.35. The molecule has 0 radical (unpaired) electrons. The van der Waals surface area contributed by atoms with E-state index in [4.69, 9.17) is 4.74 Å². The molecule has 44 valence electrons. The van der Waals surface area contributed by atoms with Crippen molar-refractivity contribution in [3.8, 4) is 0 Å². The predicted molar refractivity (Wildman–Crippen MR) is 31.7 cm³/mol. The predicted octanol–water partition coefficient (Wildman–Crippen LogP) is 1.49. The van der Waals surface area contributed by atoms with Crippen LogP contribution in [0.25, 0.3) is 0 Å². The van der Waals surface area contributed by atoms with Gasteiger partial charge in [0.2, 0.25) is 0 Å². The molecule has 8 heavy (non-hydrogen) atoms. The Morgan fingerprint density at radius 1 is 1.50 bits per heavy atom. The molecule has 2 aliphatic rings. The lowest BCUT2D eigenvalue weighted by atomic mass is 9.97. The second kappa shape index (κ2) is 1.35. The summed E-state index contributed by atoms with van der Waals surface area (Å²) in [5, 5.41) is 0. The molecule has 1 nitrogen and oxygen atoms in total. The van der Waals surface area contributed by atoms with E-state index in [0.29, 0.717) is 12.2 Å². The standard InChI is InChI=1S/C7H10O/c1-5-2-3-6-7(4-5)8-6/h6-7H,1-4H2. The van der Waals surface area contributed by atoms with Crippen molar-refractivity contribution in [2.45, 2.75) is 31.5 Å². The van der Waals surface area contributed by atoms with Crippen molar-refractivity contribution in [3.05, 3.63) is 12.2 Å². The number of hydrogen-bond donors (Lipinski definition) is 0. The van der Waals surface area contributed by atoms with Crippen LogP contribution < -0.4 is 0 Å². The van der Waals surface area contributed by atoms with E-state index < -0.39 is 0 Å². The van der Waals surface area contributed by atoms with Crippen molar-refractivity contribution in [1.82, 2.24) is 0 Å². The van der Waals surface area contributed by atoms with Crippen LogP contribution in [0, 0.1) is 0 Å². The first kappa shape index (κ1) is 4.57. The molecule has 0 aromatic heterocycles. The van der Waals surface area contributed by atoms with Gasteiger partial charge in [0.15, 0.2) is 0 Å². The van der Waals surface area contributed by atoms with Crippen LogP contribution in [0.2, 0.25) is 0 Å². The van der Waals surface area contributed by atoms with Crippen molar-refractivity contribution >= 4 is 0 Å². The minimum Gasteiger partial charge on any atom is -0.369 e. The Morgan fingerprint density at radius 2 is 2.38 bits per heavy atom. The molecule has 0 bridgehead atoms. The molecule has 1 aliphatic heterocycles. The van der Waals surface area contributed by atoms with E-state index in [-0.39, 0.29) is 0 Å². The highest BCUT2D eigenvalue weighted by molar-refractivity contribution is 5.08. The Kier molecular flexibility index (Phi) is 0.770. The Bertz CT molecular complexity index is 128. The fourth-order valence-electron chi connectivity index (χ4n) is 1.35. The zero-order valence-electron chi connectivity index (χ0n) is 4.89. The quantitative estimate of drug-likeness (QED) is 0.340. The maximum atomic E-state index is 5.29. The molecule has 0 N–H and O–H groups in total. The van der Waals surface area contributed by atoms with Crippen LogP contribution in [-0.2, 0) is 4.74 Å².